The molecular weight excluding hydrogens is 336 g/mol. The number of hydrogen-bond donors (Lipinski definition) is 0. The van der Waals surface area contributed by atoms with Crippen LogP contribution in [0.15, 0.2) is 12.1 Å². The van der Waals surface area contributed by atoms with E-state index in [2.05, 4.69) is 0 Å². The molecule has 7 heteroatoms. The van der Waals surface area contributed by atoms with Gasteiger partial charge in [0.25, 0.3) is 5.91 Å². The summed E-state index contributed by atoms with van der Waals surface area (Å²) >= 11 is 7.21. The van der Waals surface area contributed by atoms with Crippen molar-refractivity contribution in [2.45, 2.75) is 19.3 Å². The van der Waals surface area contributed by atoms with Gasteiger partial charge in [0, 0.05) is 33.3 Å². The zero-order valence-corrected chi connectivity index (χ0v) is 14.8. The number of hydrogen-bond acceptors (Lipinski definition) is 4. The molecule has 1 aromatic rings. The summed E-state index contributed by atoms with van der Waals surface area (Å²) in [5.74, 6) is 0.168. The average molecular weight is 357 g/mol. The van der Waals surface area contributed by atoms with E-state index in [0.717, 1.165) is 25.8 Å². The SMILES string of the molecule is COCCN1CCCC2(CCN(C(=O)c3ccc(Cl)s3)C2)C1=O. The number of amides is 2. The lowest BCUT2D eigenvalue weighted by Crippen LogP contribution is -2.51. The summed E-state index contributed by atoms with van der Waals surface area (Å²) < 4.78 is 5.71. The molecule has 0 aliphatic carbocycles. The Labute approximate surface area is 145 Å². The number of thiophene rings is 1. The molecule has 0 radical (unpaired) electrons. The Morgan fingerprint density at radius 1 is 1.39 bits per heavy atom. The highest BCUT2D eigenvalue weighted by atomic mass is 35.5. The molecule has 1 atom stereocenters. The van der Waals surface area contributed by atoms with Gasteiger partial charge in [-0.3, -0.25) is 9.59 Å². The van der Waals surface area contributed by atoms with Crippen molar-refractivity contribution >= 4 is 34.8 Å². The molecule has 126 valence electrons. The molecule has 5 nitrogen and oxygen atoms in total. The Balaban J connectivity index is 1.70. The Hall–Kier alpha value is -1.11. The number of rotatable bonds is 4. The van der Waals surface area contributed by atoms with Gasteiger partial charge in [0.1, 0.15) is 0 Å². The van der Waals surface area contributed by atoms with Gasteiger partial charge in [0.05, 0.1) is 21.2 Å². The maximum absolute atomic E-state index is 12.9. The van der Waals surface area contributed by atoms with Crippen LogP contribution in [0.2, 0.25) is 4.34 Å². The van der Waals surface area contributed by atoms with E-state index in [-0.39, 0.29) is 11.8 Å². The molecule has 3 rings (SSSR count). The highest BCUT2D eigenvalue weighted by Crippen LogP contribution is 2.40. The first kappa shape index (κ1) is 16.7. The summed E-state index contributed by atoms with van der Waals surface area (Å²) in [6.45, 7) is 3.13. The molecule has 3 heterocycles. The number of methoxy groups -OCH3 is 1. The molecule has 23 heavy (non-hydrogen) atoms. The van der Waals surface area contributed by atoms with Crippen LogP contribution < -0.4 is 0 Å². The van der Waals surface area contributed by atoms with Crippen LogP contribution in [0.4, 0.5) is 0 Å². The Kier molecular flexibility index (Phi) is 4.94. The summed E-state index contributed by atoms with van der Waals surface area (Å²) in [5.41, 5.74) is -0.400. The zero-order valence-electron chi connectivity index (χ0n) is 13.2. The molecule has 0 bridgehead atoms. The van der Waals surface area contributed by atoms with E-state index in [1.54, 1.807) is 24.1 Å². The fourth-order valence-electron chi connectivity index (χ4n) is 3.58. The van der Waals surface area contributed by atoms with E-state index < -0.39 is 5.41 Å². The highest BCUT2D eigenvalue weighted by molar-refractivity contribution is 7.17. The van der Waals surface area contributed by atoms with Gasteiger partial charge in [-0.1, -0.05) is 11.6 Å². The topological polar surface area (TPSA) is 49.9 Å². The number of nitrogens with zero attached hydrogens (tertiary/aromatic N) is 2. The summed E-state index contributed by atoms with van der Waals surface area (Å²) in [5, 5.41) is 0. The second-order valence-electron chi connectivity index (χ2n) is 6.25. The minimum Gasteiger partial charge on any atom is -0.383 e. The van der Waals surface area contributed by atoms with E-state index in [0.29, 0.717) is 35.5 Å². The first-order valence-corrected chi connectivity index (χ1v) is 9.08. The Morgan fingerprint density at radius 3 is 2.91 bits per heavy atom. The van der Waals surface area contributed by atoms with Crippen molar-refractivity contribution < 1.29 is 14.3 Å². The number of carbonyl (C=O) groups excluding carboxylic acids is 2. The highest BCUT2D eigenvalue weighted by Gasteiger charge is 2.49. The molecule has 1 aromatic heterocycles. The molecule has 1 unspecified atom stereocenters. The van der Waals surface area contributed by atoms with Gasteiger partial charge in [-0.15, -0.1) is 11.3 Å². The fraction of sp³-hybridized carbons (Fsp3) is 0.625. The summed E-state index contributed by atoms with van der Waals surface area (Å²) in [7, 11) is 1.65. The normalized spacial score (nSPS) is 24.7. The van der Waals surface area contributed by atoms with Gasteiger partial charge in [-0.2, -0.15) is 0 Å². The molecule has 1 spiro atoms. The Bertz CT molecular complexity index is 606. The van der Waals surface area contributed by atoms with Crippen LogP contribution >= 0.6 is 22.9 Å². The smallest absolute Gasteiger partial charge is 0.264 e. The van der Waals surface area contributed by atoms with Crippen LogP contribution in [0.25, 0.3) is 0 Å². The molecule has 0 saturated carbocycles. The standard InChI is InChI=1S/C16H21ClN2O3S/c1-22-10-9-18-7-2-5-16(15(18)21)6-8-19(11-16)14(20)12-3-4-13(17)23-12/h3-4H,2,5-11H2,1H3. The maximum Gasteiger partial charge on any atom is 0.264 e. The van der Waals surface area contributed by atoms with Crippen LogP contribution in [0, 0.1) is 5.41 Å². The van der Waals surface area contributed by atoms with Crippen molar-refractivity contribution in [3.05, 3.63) is 21.3 Å². The summed E-state index contributed by atoms with van der Waals surface area (Å²) in [6.07, 6.45) is 2.60. The molecule has 2 aliphatic heterocycles. The van der Waals surface area contributed by atoms with Crippen molar-refractivity contribution in [2.75, 3.05) is 39.9 Å². The molecular formula is C16H21ClN2O3S. The van der Waals surface area contributed by atoms with Crippen molar-refractivity contribution in [1.82, 2.24) is 9.80 Å². The van der Waals surface area contributed by atoms with Gasteiger partial charge in [-0.25, -0.2) is 0 Å². The van der Waals surface area contributed by atoms with Gasteiger partial charge >= 0.3 is 0 Å². The minimum absolute atomic E-state index is 0.0133. The van der Waals surface area contributed by atoms with Gasteiger partial charge in [0.15, 0.2) is 0 Å². The third-order valence-corrected chi connectivity index (χ3v) is 6.03. The maximum atomic E-state index is 12.9. The predicted molar refractivity (Wildman–Crippen MR) is 90.0 cm³/mol. The number of halogens is 1. The second-order valence-corrected chi connectivity index (χ2v) is 7.96. The molecule has 2 saturated heterocycles. The van der Waals surface area contributed by atoms with Gasteiger partial charge < -0.3 is 14.5 Å². The predicted octanol–water partition coefficient (Wildman–Crippen LogP) is 2.50. The Morgan fingerprint density at radius 2 is 2.22 bits per heavy atom. The third kappa shape index (κ3) is 3.25. The van der Waals surface area contributed by atoms with Crippen LogP contribution in [0.5, 0.6) is 0 Å². The van der Waals surface area contributed by atoms with E-state index in [1.807, 2.05) is 4.90 Å². The number of carbonyl (C=O) groups is 2. The molecule has 2 fully saturated rings. The molecule has 0 N–H and O–H groups in total. The number of piperidine rings is 1. The van der Waals surface area contributed by atoms with Crippen molar-refractivity contribution in [3.8, 4) is 0 Å². The van der Waals surface area contributed by atoms with E-state index in [1.165, 1.54) is 11.3 Å². The fourth-order valence-corrected chi connectivity index (χ4v) is 4.59. The third-order valence-electron chi connectivity index (χ3n) is 4.81. The molecule has 2 aliphatic rings. The summed E-state index contributed by atoms with van der Waals surface area (Å²) in [4.78, 5) is 29.8. The minimum atomic E-state index is -0.400. The lowest BCUT2D eigenvalue weighted by molar-refractivity contribution is -0.146. The second kappa shape index (κ2) is 6.79. The van der Waals surface area contributed by atoms with Crippen LogP contribution in [-0.2, 0) is 9.53 Å². The van der Waals surface area contributed by atoms with Crippen molar-refractivity contribution in [2.24, 2.45) is 5.41 Å². The number of ether oxygens (including phenoxy) is 1. The quantitative estimate of drug-likeness (QED) is 0.832. The molecule has 2 amide bonds. The largest absolute Gasteiger partial charge is 0.383 e. The van der Waals surface area contributed by atoms with Crippen molar-refractivity contribution in [3.63, 3.8) is 0 Å². The first-order chi connectivity index (χ1) is 11.1. The van der Waals surface area contributed by atoms with Crippen LogP contribution in [0.1, 0.15) is 28.9 Å². The molecule has 0 aromatic carbocycles. The summed E-state index contributed by atoms with van der Waals surface area (Å²) in [6, 6.07) is 3.50. The number of likely N-dealkylation sites (tertiary alicyclic amines) is 2. The van der Waals surface area contributed by atoms with Gasteiger partial charge in [-0.05, 0) is 31.4 Å². The van der Waals surface area contributed by atoms with Crippen molar-refractivity contribution in [1.29, 1.82) is 0 Å². The monoisotopic (exact) mass is 356 g/mol. The first-order valence-electron chi connectivity index (χ1n) is 7.89. The van der Waals surface area contributed by atoms with Crippen LogP contribution in [0.3, 0.4) is 0 Å². The average Bonchev–Trinajstić information content (AvgIpc) is 3.16. The van der Waals surface area contributed by atoms with E-state index in [4.69, 9.17) is 16.3 Å². The van der Waals surface area contributed by atoms with Gasteiger partial charge in [0.2, 0.25) is 5.91 Å². The van der Waals surface area contributed by atoms with Crippen LogP contribution in [-0.4, -0.2) is 61.5 Å². The lowest BCUT2D eigenvalue weighted by atomic mass is 9.78. The lowest BCUT2D eigenvalue weighted by Gasteiger charge is -2.39. The van der Waals surface area contributed by atoms with E-state index >= 15 is 0 Å². The van der Waals surface area contributed by atoms with E-state index in [9.17, 15) is 9.59 Å². The zero-order chi connectivity index (χ0) is 16.4.